The van der Waals surface area contributed by atoms with Crippen LogP contribution < -0.4 is 14.8 Å². The highest BCUT2D eigenvalue weighted by Crippen LogP contribution is 2.30. The van der Waals surface area contributed by atoms with Gasteiger partial charge in [-0.25, -0.2) is 9.86 Å². The third kappa shape index (κ3) is 6.06. The number of carbonyl (C=O) groups is 3. The third-order valence-corrected chi connectivity index (χ3v) is 5.69. The van der Waals surface area contributed by atoms with Crippen LogP contribution in [0.1, 0.15) is 27.7 Å². The van der Waals surface area contributed by atoms with Gasteiger partial charge in [0.25, 0.3) is 5.91 Å². The first-order chi connectivity index (χ1) is 16.6. The van der Waals surface area contributed by atoms with Crippen molar-refractivity contribution in [1.29, 1.82) is 0 Å². The van der Waals surface area contributed by atoms with Crippen molar-refractivity contribution >= 4 is 18.3 Å². The number of carbonyl (C=O) groups excluding carboxylic acids is 3. The van der Waals surface area contributed by atoms with Gasteiger partial charge in [0, 0.05) is 0 Å². The Balaban J connectivity index is 1.75. The Morgan fingerprint density at radius 3 is 1.86 bits per heavy atom. The minimum atomic E-state index is -4.78. The molecule has 2 aromatic carbocycles. The summed E-state index contributed by atoms with van der Waals surface area (Å²) in [6.07, 6.45) is -4.62. The van der Waals surface area contributed by atoms with Gasteiger partial charge in [-0.3, -0.25) is 19.7 Å². The predicted molar refractivity (Wildman–Crippen MR) is 121 cm³/mol. The first-order valence-corrected chi connectivity index (χ1v) is 10.8. The molecule has 1 fully saturated rings. The average Bonchev–Trinajstić information content (AvgIpc) is 2.97. The van der Waals surface area contributed by atoms with Crippen LogP contribution in [0.15, 0.2) is 48.5 Å². The molecule has 194 valence electrons. The Hall–Kier alpha value is -3.80. The van der Waals surface area contributed by atoms with E-state index in [-0.39, 0.29) is 18.7 Å². The molecular formula is C24H26F3N3O6. The molecule has 1 saturated heterocycles. The number of alkyl halides is 3. The zero-order chi connectivity index (χ0) is 26.9. The molecular weight excluding hydrogens is 483 g/mol. The van der Waals surface area contributed by atoms with Crippen LogP contribution in [0.3, 0.4) is 0 Å². The van der Waals surface area contributed by atoms with Crippen LogP contribution in [0, 0.1) is 0 Å². The summed E-state index contributed by atoms with van der Waals surface area (Å²) in [7, 11) is 0. The summed E-state index contributed by atoms with van der Waals surface area (Å²) in [5.41, 5.74) is -1.06. The Kier molecular flexibility index (Phi) is 7.21. The number of nitrogens with zero attached hydrogens (tertiary/aromatic N) is 2. The number of nitrogens with one attached hydrogen (secondary N) is 1. The van der Waals surface area contributed by atoms with Crippen molar-refractivity contribution in [1.82, 2.24) is 15.3 Å². The average molecular weight is 509 g/mol. The number of hydroxylamine groups is 2. The molecule has 9 nitrogen and oxygen atoms in total. The van der Waals surface area contributed by atoms with Crippen LogP contribution >= 0.6 is 0 Å². The van der Waals surface area contributed by atoms with E-state index in [0.717, 1.165) is 4.90 Å². The van der Waals surface area contributed by atoms with Gasteiger partial charge in [0.15, 0.2) is 0 Å². The normalized spacial score (nSPS) is 16.4. The lowest BCUT2D eigenvalue weighted by atomic mass is 9.96. The Morgan fingerprint density at radius 2 is 1.47 bits per heavy atom. The lowest BCUT2D eigenvalue weighted by Gasteiger charge is -2.38. The number of benzene rings is 2. The summed E-state index contributed by atoms with van der Waals surface area (Å²) in [5, 5.41) is 13.1. The second-order valence-electron chi connectivity index (χ2n) is 9.27. The maximum atomic E-state index is 12.6. The highest BCUT2D eigenvalue weighted by atomic mass is 19.4. The van der Waals surface area contributed by atoms with Crippen molar-refractivity contribution in [2.45, 2.75) is 51.2 Å². The van der Waals surface area contributed by atoms with Crippen molar-refractivity contribution in [2.24, 2.45) is 0 Å². The number of amides is 4. The molecule has 1 aliphatic rings. The van der Waals surface area contributed by atoms with Gasteiger partial charge in [-0.1, -0.05) is 24.3 Å². The standard InChI is InChI=1S/C24H26F3N3O6/c1-22(2)20(32)29(21(33)28-22)13-19(30(34)14-31)23(3,4)35-17-9-5-15(6-10-17)16-7-11-18(12-8-16)36-24(25,26)27/h5-12,14,19,34H,13H2,1-4H3,(H,28,33). The van der Waals surface area contributed by atoms with E-state index in [4.69, 9.17) is 4.74 Å². The van der Waals surface area contributed by atoms with Crippen molar-refractivity contribution in [2.75, 3.05) is 6.54 Å². The topological polar surface area (TPSA) is 108 Å². The van der Waals surface area contributed by atoms with Crippen molar-refractivity contribution in [3.63, 3.8) is 0 Å². The molecule has 36 heavy (non-hydrogen) atoms. The van der Waals surface area contributed by atoms with Gasteiger partial charge >= 0.3 is 12.4 Å². The SMILES string of the molecule is CC1(C)NC(=O)N(CC(N(O)C=O)C(C)(C)Oc2ccc(-c3ccc(OC(F)(F)F)cc3)cc2)C1=O. The van der Waals surface area contributed by atoms with E-state index in [1.165, 1.54) is 24.3 Å². The number of rotatable bonds is 9. The van der Waals surface area contributed by atoms with E-state index >= 15 is 0 Å². The summed E-state index contributed by atoms with van der Waals surface area (Å²) in [5.74, 6) is -0.498. The first kappa shape index (κ1) is 26.8. The lowest BCUT2D eigenvalue weighted by Crippen LogP contribution is -2.57. The van der Waals surface area contributed by atoms with Crippen molar-refractivity contribution in [3.05, 3.63) is 48.5 Å². The van der Waals surface area contributed by atoms with Crippen molar-refractivity contribution < 1.29 is 42.2 Å². The largest absolute Gasteiger partial charge is 0.573 e. The lowest BCUT2D eigenvalue weighted by molar-refractivity contribution is -0.274. The summed E-state index contributed by atoms with van der Waals surface area (Å²) in [4.78, 5) is 37.1. The summed E-state index contributed by atoms with van der Waals surface area (Å²) in [6, 6.07) is 10.2. The van der Waals surface area contributed by atoms with Gasteiger partial charge in [-0.2, -0.15) is 0 Å². The fourth-order valence-corrected chi connectivity index (χ4v) is 3.79. The highest BCUT2D eigenvalue weighted by molar-refractivity contribution is 6.06. The Morgan fingerprint density at radius 1 is 1.00 bits per heavy atom. The van der Waals surface area contributed by atoms with Gasteiger partial charge in [0.2, 0.25) is 6.41 Å². The van der Waals surface area contributed by atoms with Gasteiger partial charge in [-0.05, 0) is 63.1 Å². The second-order valence-corrected chi connectivity index (χ2v) is 9.27. The van der Waals surface area contributed by atoms with E-state index in [1.807, 2.05) is 0 Å². The van der Waals surface area contributed by atoms with E-state index in [1.54, 1.807) is 52.0 Å². The molecule has 0 aromatic heterocycles. The number of halogens is 3. The van der Waals surface area contributed by atoms with Gasteiger partial charge in [0.1, 0.15) is 28.7 Å². The van der Waals surface area contributed by atoms with Crippen LogP contribution in [0.2, 0.25) is 0 Å². The molecule has 2 aromatic rings. The quantitative estimate of drug-likeness (QED) is 0.229. The van der Waals surface area contributed by atoms with Gasteiger partial charge < -0.3 is 14.8 Å². The van der Waals surface area contributed by atoms with Gasteiger partial charge in [-0.15, -0.1) is 13.2 Å². The fraction of sp³-hybridized carbons (Fsp3) is 0.375. The number of hydrogen-bond acceptors (Lipinski definition) is 6. The smallest absolute Gasteiger partial charge is 0.486 e. The van der Waals surface area contributed by atoms with Crippen LogP contribution in [-0.2, 0) is 9.59 Å². The van der Waals surface area contributed by atoms with Crippen molar-refractivity contribution in [3.8, 4) is 22.6 Å². The number of imide groups is 1. The van der Waals surface area contributed by atoms with Crippen LogP contribution in [0.4, 0.5) is 18.0 Å². The summed E-state index contributed by atoms with van der Waals surface area (Å²) < 4.78 is 46.9. The molecule has 0 saturated carbocycles. The summed E-state index contributed by atoms with van der Waals surface area (Å²) in [6.45, 7) is 5.93. The highest BCUT2D eigenvalue weighted by Gasteiger charge is 2.48. The van der Waals surface area contributed by atoms with Gasteiger partial charge in [0.05, 0.1) is 6.54 Å². The molecule has 3 rings (SSSR count). The van der Waals surface area contributed by atoms with Crippen LogP contribution in [0.5, 0.6) is 11.5 Å². The molecule has 1 atom stereocenters. The zero-order valence-corrected chi connectivity index (χ0v) is 20.0. The number of hydrogen-bond donors (Lipinski definition) is 2. The van der Waals surface area contributed by atoms with E-state index in [9.17, 15) is 32.8 Å². The maximum Gasteiger partial charge on any atom is 0.573 e. The number of urea groups is 1. The Labute approximate surface area is 205 Å². The number of ether oxygens (including phenoxy) is 2. The minimum absolute atomic E-state index is 0.161. The molecule has 0 radical (unpaired) electrons. The minimum Gasteiger partial charge on any atom is -0.486 e. The molecule has 4 amide bonds. The molecule has 1 unspecified atom stereocenters. The third-order valence-electron chi connectivity index (χ3n) is 5.69. The van der Waals surface area contributed by atoms with Crippen LogP contribution in [0.25, 0.3) is 11.1 Å². The second kappa shape index (κ2) is 9.69. The monoisotopic (exact) mass is 509 g/mol. The van der Waals surface area contributed by atoms with Crippen LogP contribution in [-0.4, -0.2) is 63.6 Å². The van der Waals surface area contributed by atoms with E-state index in [2.05, 4.69) is 10.1 Å². The Bertz CT molecular complexity index is 1120. The first-order valence-electron chi connectivity index (χ1n) is 10.8. The molecule has 1 heterocycles. The predicted octanol–water partition coefficient (Wildman–Crippen LogP) is 3.96. The molecule has 0 bridgehead atoms. The molecule has 12 heteroatoms. The fourth-order valence-electron chi connectivity index (χ4n) is 3.79. The molecule has 1 aliphatic heterocycles. The molecule has 0 aliphatic carbocycles. The van der Waals surface area contributed by atoms with E-state index < -0.39 is 35.5 Å². The molecule has 0 spiro atoms. The maximum absolute atomic E-state index is 12.6. The zero-order valence-electron chi connectivity index (χ0n) is 20.0. The summed E-state index contributed by atoms with van der Waals surface area (Å²) >= 11 is 0. The molecule has 2 N–H and O–H groups in total. The van der Waals surface area contributed by atoms with E-state index in [0.29, 0.717) is 21.9 Å².